The molecule has 0 radical (unpaired) electrons. The Bertz CT molecular complexity index is 1590. The van der Waals surface area contributed by atoms with Gasteiger partial charge in [-0.15, -0.1) is 0 Å². The summed E-state index contributed by atoms with van der Waals surface area (Å²) in [6.45, 7) is 1.12. The van der Waals surface area contributed by atoms with Crippen molar-refractivity contribution in [3.63, 3.8) is 0 Å². The van der Waals surface area contributed by atoms with Crippen molar-refractivity contribution in [2.75, 3.05) is 26.1 Å². The summed E-state index contributed by atoms with van der Waals surface area (Å²) >= 11 is 0. The molecule has 214 valence electrons. The zero-order valence-corrected chi connectivity index (χ0v) is 23.4. The standard InChI is InChI=1S/C31H31FN2O6S/c1-41(36)21-11-9-19(10-12-21)18-5-7-20(8-6-18)29-22(32)14-24-23(33-29)15-28(34(24)27-4-2-3-13-37-27)40-26-17-39-30-25(35)16-38-31(26)30/h5-12,14-15,25-27,30-31,35H,2-4,13,16-17H2,1H3/t25-,26-,27?,30-,31-,41?/m1/s1. The van der Waals surface area contributed by atoms with Crippen molar-refractivity contribution in [3.05, 3.63) is 66.5 Å². The van der Waals surface area contributed by atoms with Gasteiger partial charge in [-0.2, -0.15) is 0 Å². The first-order valence-electron chi connectivity index (χ1n) is 13.9. The maximum atomic E-state index is 15.7. The molecule has 3 fully saturated rings. The van der Waals surface area contributed by atoms with Crippen molar-refractivity contribution in [1.82, 2.24) is 9.55 Å². The topological polar surface area (TPSA) is 92.0 Å². The molecule has 1 N–H and O–H groups in total. The largest absolute Gasteiger partial charge is 0.470 e. The lowest BCUT2D eigenvalue weighted by atomic mass is 10.0. The number of aliphatic hydroxyl groups excluding tert-OH is 1. The van der Waals surface area contributed by atoms with E-state index in [0.29, 0.717) is 29.1 Å². The lowest BCUT2D eigenvalue weighted by Gasteiger charge is -2.27. The van der Waals surface area contributed by atoms with Crippen LogP contribution in [0.5, 0.6) is 5.88 Å². The molecule has 0 saturated carbocycles. The van der Waals surface area contributed by atoms with Crippen LogP contribution in [-0.2, 0) is 25.0 Å². The minimum absolute atomic E-state index is 0.212. The summed E-state index contributed by atoms with van der Waals surface area (Å²) in [6, 6.07) is 18.5. The van der Waals surface area contributed by atoms with Crippen molar-refractivity contribution in [3.8, 4) is 28.3 Å². The van der Waals surface area contributed by atoms with Crippen molar-refractivity contribution in [2.24, 2.45) is 0 Å². The number of aliphatic hydroxyl groups is 1. The van der Waals surface area contributed by atoms with Crippen LogP contribution in [0.15, 0.2) is 65.6 Å². The number of pyridine rings is 1. The predicted molar refractivity (Wildman–Crippen MR) is 152 cm³/mol. The molecule has 2 aromatic carbocycles. The third kappa shape index (κ3) is 4.97. The van der Waals surface area contributed by atoms with Crippen LogP contribution in [0.25, 0.3) is 33.4 Å². The number of rotatable bonds is 6. The third-order valence-electron chi connectivity index (χ3n) is 8.12. The zero-order valence-electron chi connectivity index (χ0n) is 22.6. The van der Waals surface area contributed by atoms with Crippen molar-refractivity contribution in [1.29, 1.82) is 0 Å². The van der Waals surface area contributed by atoms with Gasteiger partial charge in [-0.05, 0) is 42.5 Å². The van der Waals surface area contributed by atoms with Gasteiger partial charge < -0.3 is 24.1 Å². The van der Waals surface area contributed by atoms with E-state index in [1.807, 2.05) is 59.2 Å². The summed E-state index contributed by atoms with van der Waals surface area (Å²) in [6.07, 6.45) is 2.24. The Morgan fingerprint density at radius 1 is 0.951 bits per heavy atom. The van der Waals surface area contributed by atoms with E-state index >= 15 is 4.39 Å². The first-order valence-corrected chi connectivity index (χ1v) is 15.5. The van der Waals surface area contributed by atoms with Gasteiger partial charge in [0.2, 0.25) is 0 Å². The Balaban J connectivity index is 1.22. The summed E-state index contributed by atoms with van der Waals surface area (Å²) in [5.74, 6) is 0.0789. The molecule has 41 heavy (non-hydrogen) atoms. The second kappa shape index (κ2) is 10.9. The van der Waals surface area contributed by atoms with Gasteiger partial charge in [0.05, 0.1) is 24.2 Å². The zero-order chi connectivity index (χ0) is 28.1. The number of hydrogen-bond acceptors (Lipinski definition) is 7. The monoisotopic (exact) mass is 578 g/mol. The molecule has 8 nitrogen and oxygen atoms in total. The molecule has 3 aliphatic rings. The Morgan fingerprint density at radius 3 is 2.37 bits per heavy atom. The van der Waals surface area contributed by atoms with E-state index in [4.69, 9.17) is 23.9 Å². The summed E-state index contributed by atoms with van der Waals surface area (Å²) < 4.78 is 53.3. The Labute approximate surface area is 239 Å². The molecule has 10 heteroatoms. The molecule has 3 saturated heterocycles. The van der Waals surface area contributed by atoms with Crippen LogP contribution in [0.2, 0.25) is 0 Å². The fourth-order valence-corrected chi connectivity index (χ4v) is 6.49. The summed E-state index contributed by atoms with van der Waals surface area (Å²) in [7, 11) is -1.03. The lowest BCUT2D eigenvalue weighted by molar-refractivity contribution is -0.0392. The number of ether oxygens (including phenoxy) is 4. The molecule has 7 rings (SSSR count). The molecule has 5 heterocycles. The van der Waals surface area contributed by atoms with E-state index in [1.165, 1.54) is 6.07 Å². The lowest BCUT2D eigenvalue weighted by Crippen LogP contribution is -2.35. The van der Waals surface area contributed by atoms with E-state index in [9.17, 15) is 9.32 Å². The Hall–Kier alpha value is -3.15. The minimum atomic E-state index is -1.03. The van der Waals surface area contributed by atoms with Crippen LogP contribution in [0.4, 0.5) is 4.39 Å². The van der Waals surface area contributed by atoms with Crippen molar-refractivity contribution >= 4 is 21.8 Å². The predicted octanol–water partition coefficient (Wildman–Crippen LogP) is 4.85. The molecule has 0 spiro atoms. The molecular formula is C31H31FN2O6S. The van der Waals surface area contributed by atoms with E-state index in [0.717, 1.165) is 35.3 Å². The van der Waals surface area contributed by atoms with Gasteiger partial charge >= 0.3 is 0 Å². The van der Waals surface area contributed by atoms with Gasteiger partial charge in [0, 0.05) is 46.3 Å². The molecule has 4 aromatic rings. The fourth-order valence-electron chi connectivity index (χ4n) is 5.98. The Morgan fingerprint density at radius 2 is 1.66 bits per heavy atom. The highest BCUT2D eigenvalue weighted by Gasteiger charge is 2.48. The highest BCUT2D eigenvalue weighted by molar-refractivity contribution is 7.84. The molecule has 0 amide bonds. The van der Waals surface area contributed by atoms with E-state index in [1.54, 1.807) is 6.26 Å². The van der Waals surface area contributed by atoms with Gasteiger partial charge in [0.1, 0.15) is 30.2 Å². The quantitative estimate of drug-likeness (QED) is 0.350. The van der Waals surface area contributed by atoms with E-state index < -0.39 is 34.9 Å². The molecule has 0 bridgehead atoms. The number of nitrogens with zero attached hydrogens (tertiary/aromatic N) is 2. The van der Waals surface area contributed by atoms with Gasteiger partial charge in [-0.3, -0.25) is 8.78 Å². The van der Waals surface area contributed by atoms with Crippen molar-refractivity contribution in [2.45, 2.75) is 54.8 Å². The van der Waals surface area contributed by atoms with Gasteiger partial charge in [-0.1, -0.05) is 36.4 Å². The third-order valence-corrected chi connectivity index (χ3v) is 9.05. The molecule has 0 aliphatic carbocycles. The summed E-state index contributed by atoms with van der Waals surface area (Å²) in [5.41, 5.74) is 4.06. The number of halogens is 1. The average molecular weight is 579 g/mol. The average Bonchev–Trinajstić information content (AvgIpc) is 3.68. The van der Waals surface area contributed by atoms with E-state index in [2.05, 4.69) is 0 Å². The van der Waals surface area contributed by atoms with E-state index in [-0.39, 0.29) is 31.2 Å². The summed E-state index contributed by atoms with van der Waals surface area (Å²) in [5, 5.41) is 10.1. The van der Waals surface area contributed by atoms with Crippen molar-refractivity contribution < 1.29 is 32.7 Å². The van der Waals surface area contributed by atoms with Crippen LogP contribution in [0.1, 0.15) is 25.5 Å². The van der Waals surface area contributed by atoms with Crippen LogP contribution in [-0.4, -0.2) is 69.4 Å². The highest BCUT2D eigenvalue weighted by Crippen LogP contribution is 2.38. The SMILES string of the molecule is CS(=O)c1ccc(-c2ccc(-c3nc4cc(O[C@@H]5CO[C@H]6[C@@H]5OC[C@H]6O)n(C5CCCCO5)c4cc3F)cc2)cc1. The number of fused-ring (bicyclic) bond motifs is 2. The fraction of sp³-hybridized carbons (Fsp3) is 0.387. The number of hydrogen-bond donors (Lipinski definition) is 1. The van der Waals surface area contributed by atoms with Crippen LogP contribution < -0.4 is 4.74 Å². The molecule has 6 atom stereocenters. The van der Waals surface area contributed by atoms with Crippen LogP contribution >= 0.6 is 0 Å². The maximum absolute atomic E-state index is 15.7. The summed E-state index contributed by atoms with van der Waals surface area (Å²) in [4.78, 5) is 5.51. The first-order chi connectivity index (χ1) is 20.0. The molecular weight excluding hydrogens is 547 g/mol. The van der Waals surface area contributed by atoms with Gasteiger partial charge in [0.25, 0.3) is 0 Å². The number of benzene rings is 2. The maximum Gasteiger partial charge on any atom is 0.198 e. The smallest absolute Gasteiger partial charge is 0.198 e. The highest BCUT2D eigenvalue weighted by atomic mass is 32.2. The molecule has 2 unspecified atom stereocenters. The van der Waals surface area contributed by atoms with Gasteiger partial charge in [-0.25, -0.2) is 9.37 Å². The first kappa shape index (κ1) is 26.7. The molecule has 2 aromatic heterocycles. The normalized spacial score (nSPS) is 26.8. The van der Waals surface area contributed by atoms with Crippen LogP contribution in [0, 0.1) is 5.82 Å². The van der Waals surface area contributed by atoms with Gasteiger partial charge in [0.15, 0.2) is 17.8 Å². The second-order valence-corrected chi connectivity index (χ2v) is 12.2. The van der Waals surface area contributed by atoms with Crippen LogP contribution in [0.3, 0.4) is 0 Å². The minimum Gasteiger partial charge on any atom is -0.470 e. The Kier molecular flexibility index (Phi) is 7.12. The second-order valence-electron chi connectivity index (χ2n) is 10.8. The molecule has 3 aliphatic heterocycles. The number of aromatic nitrogens is 2.